The normalized spacial score (nSPS) is 12.0. The Bertz CT molecular complexity index is 290. The molecule has 92 valence electrons. The van der Waals surface area contributed by atoms with Crippen LogP contribution < -0.4 is 0 Å². The van der Waals surface area contributed by atoms with Gasteiger partial charge in [0.15, 0.2) is 8.24 Å². The Morgan fingerprint density at radius 3 is 1.88 bits per heavy atom. The smallest absolute Gasteiger partial charge is 0.185 e. The summed E-state index contributed by atoms with van der Waals surface area (Å²) < 4.78 is 2.37. The molecule has 0 radical (unpaired) electrons. The van der Waals surface area contributed by atoms with Crippen molar-refractivity contribution in [3.63, 3.8) is 0 Å². The third kappa shape index (κ3) is 2.97. The van der Waals surface area contributed by atoms with Crippen LogP contribution in [-0.4, -0.2) is 17.7 Å². The molecule has 0 spiro atoms. The van der Waals surface area contributed by atoms with E-state index in [1.54, 1.807) is 0 Å². The molecule has 0 aliphatic heterocycles. The molecule has 0 aromatic carbocycles. The molecule has 1 aromatic rings. The van der Waals surface area contributed by atoms with Crippen molar-refractivity contribution in [2.24, 2.45) is 0 Å². The SMILES string of the molecule is CCC[Si](CCC)(CCC)n1ccc(C)n1. The summed E-state index contributed by atoms with van der Waals surface area (Å²) >= 11 is 0. The van der Waals surface area contributed by atoms with E-state index in [4.69, 9.17) is 5.10 Å². The predicted octanol–water partition coefficient (Wildman–Crippen LogP) is 4.22. The summed E-state index contributed by atoms with van der Waals surface area (Å²) in [5, 5.41) is 4.72. The van der Waals surface area contributed by atoms with Gasteiger partial charge in [-0.3, -0.25) is 0 Å². The second-order valence-corrected chi connectivity index (χ2v) is 9.28. The average Bonchev–Trinajstić information content (AvgIpc) is 2.66. The highest BCUT2D eigenvalue weighted by atomic mass is 28.3. The lowest BCUT2D eigenvalue weighted by molar-refractivity contribution is 0.804. The lowest BCUT2D eigenvalue weighted by Gasteiger charge is -2.31. The molecule has 16 heavy (non-hydrogen) atoms. The summed E-state index contributed by atoms with van der Waals surface area (Å²) in [4.78, 5) is 0. The average molecular weight is 238 g/mol. The summed E-state index contributed by atoms with van der Waals surface area (Å²) in [6.07, 6.45) is 6.12. The summed E-state index contributed by atoms with van der Waals surface area (Å²) in [5.41, 5.74) is 1.17. The molecule has 0 saturated heterocycles. The van der Waals surface area contributed by atoms with Crippen LogP contribution in [0.4, 0.5) is 0 Å². The van der Waals surface area contributed by atoms with Crippen molar-refractivity contribution in [3.05, 3.63) is 18.0 Å². The van der Waals surface area contributed by atoms with Gasteiger partial charge in [-0.15, -0.1) is 0 Å². The van der Waals surface area contributed by atoms with E-state index in [1.165, 1.54) is 43.1 Å². The van der Waals surface area contributed by atoms with Crippen LogP contribution >= 0.6 is 0 Å². The van der Waals surface area contributed by atoms with Crippen LogP contribution in [0.1, 0.15) is 45.7 Å². The Hall–Kier alpha value is -0.573. The number of rotatable bonds is 7. The van der Waals surface area contributed by atoms with Crippen LogP contribution in [0.15, 0.2) is 12.3 Å². The second kappa shape index (κ2) is 6.23. The molecule has 0 unspecified atom stereocenters. The van der Waals surface area contributed by atoms with E-state index < -0.39 is 8.24 Å². The first-order valence-electron chi connectivity index (χ1n) is 6.71. The first-order valence-corrected chi connectivity index (χ1v) is 9.28. The number of hydrogen-bond donors (Lipinski definition) is 0. The standard InChI is InChI=1S/C13H26N2Si/c1-5-10-16(11-6-2,12-7-3)15-9-8-13(4)14-15/h8-9H,5-7,10-12H2,1-4H3. The highest BCUT2D eigenvalue weighted by molar-refractivity contribution is 6.78. The van der Waals surface area contributed by atoms with Gasteiger partial charge in [-0.1, -0.05) is 40.0 Å². The lowest BCUT2D eigenvalue weighted by atomic mass is 10.5. The molecular formula is C13H26N2Si. The van der Waals surface area contributed by atoms with Gasteiger partial charge in [0.2, 0.25) is 0 Å². The molecule has 1 rings (SSSR count). The minimum Gasteiger partial charge on any atom is -0.301 e. The zero-order chi connectivity index (χ0) is 12.0. The van der Waals surface area contributed by atoms with E-state index >= 15 is 0 Å². The second-order valence-electron chi connectivity index (χ2n) is 4.88. The molecule has 0 fully saturated rings. The summed E-state index contributed by atoms with van der Waals surface area (Å²) in [5.74, 6) is 0. The van der Waals surface area contributed by atoms with Crippen molar-refractivity contribution < 1.29 is 0 Å². The van der Waals surface area contributed by atoms with Gasteiger partial charge in [0, 0.05) is 6.20 Å². The monoisotopic (exact) mass is 238 g/mol. The molecule has 1 heterocycles. The van der Waals surface area contributed by atoms with Crippen LogP contribution in [0.25, 0.3) is 0 Å². The molecule has 1 aromatic heterocycles. The lowest BCUT2D eigenvalue weighted by Crippen LogP contribution is -2.43. The highest BCUT2D eigenvalue weighted by Gasteiger charge is 2.33. The number of aryl methyl sites for hydroxylation is 1. The molecule has 0 aliphatic carbocycles. The van der Waals surface area contributed by atoms with E-state index in [9.17, 15) is 0 Å². The maximum Gasteiger partial charge on any atom is 0.185 e. The molecule has 0 aliphatic rings. The first kappa shape index (κ1) is 13.5. The summed E-state index contributed by atoms with van der Waals surface area (Å²) in [6, 6.07) is 6.31. The molecular weight excluding hydrogens is 212 g/mol. The van der Waals surface area contributed by atoms with E-state index in [2.05, 4.69) is 44.3 Å². The third-order valence-electron chi connectivity index (χ3n) is 3.35. The van der Waals surface area contributed by atoms with Gasteiger partial charge in [0.1, 0.15) is 0 Å². The van der Waals surface area contributed by atoms with E-state index in [0.29, 0.717) is 0 Å². The fraction of sp³-hybridized carbons (Fsp3) is 0.769. The van der Waals surface area contributed by atoms with Crippen molar-refractivity contribution in [2.45, 2.75) is 65.1 Å². The van der Waals surface area contributed by atoms with Crippen molar-refractivity contribution in [1.82, 2.24) is 9.45 Å². The van der Waals surface area contributed by atoms with Gasteiger partial charge >= 0.3 is 0 Å². The van der Waals surface area contributed by atoms with Crippen molar-refractivity contribution >= 4 is 8.24 Å². The van der Waals surface area contributed by atoms with E-state index in [-0.39, 0.29) is 0 Å². The minimum atomic E-state index is -1.35. The van der Waals surface area contributed by atoms with Crippen molar-refractivity contribution in [1.29, 1.82) is 0 Å². The van der Waals surface area contributed by atoms with Gasteiger partial charge in [0.25, 0.3) is 0 Å². The highest BCUT2D eigenvalue weighted by Crippen LogP contribution is 2.27. The Morgan fingerprint density at radius 2 is 1.56 bits per heavy atom. The molecule has 0 bridgehead atoms. The number of hydrogen-bond acceptors (Lipinski definition) is 1. The molecule has 0 N–H and O–H groups in total. The fourth-order valence-electron chi connectivity index (χ4n) is 2.79. The first-order chi connectivity index (χ1) is 7.68. The van der Waals surface area contributed by atoms with Gasteiger partial charge in [-0.2, -0.15) is 5.10 Å². The van der Waals surface area contributed by atoms with Gasteiger partial charge < -0.3 is 4.35 Å². The number of nitrogens with zero attached hydrogens (tertiary/aromatic N) is 2. The molecule has 0 saturated carbocycles. The van der Waals surface area contributed by atoms with Crippen molar-refractivity contribution in [2.75, 3.05) is 0 Å². The molecule has 0 atom stereocenters. The fourth-order valence-corrected chi connectivity index (χ4v) is 7.78. The van der Waals surface area contributed by atoms with E-state index in [1.807, 2.05) is 0 Å². The zero-order valence-electron chi connectivity index (χ0n) is 11.3. The van der Waals surface area contributed by atoms with Crippen molar-refractivity contribution in [3.8, 4) is 0 Å². The Balaban J connectivity index is 2.98. The molecule has 3 heteroatoms. The molecule has 2 nitrogen and oxygen atoms in total. The Labute approximate surface area is 101 Å². The van der Waals surface area contributed by atoms with Crippen LogP contribution in [0.2, 0.25) is 18.1 Å². The zero-order valence-corrected chi connectivity index (χ0v) is 12.3. The van der Waals surface area contributed by atoms with Crippen LogP contribution in [0.3, 0.4) is 0 Å². The third-order valence-corrected chi connectivity index (χ3v) is 8.87. The minimum absolute atomic E-state index is 1.17. The predicted molar refractivity (Wildman–Crippen MR) is 73.4 cm³/mol. The van der Waals surface area contributed by atoms with Gasteiger partial charge in [-0.05, 0) is 31.1 Å². The largest absolute Gasteiger partial charge is 0.301 e. The van der Waals surface area contributed by atoms with Crippen LogP contribution in [0.5, 0.6) is 0 Å². The quantitative estimate of drug-likeness (QED) is 0.651. The van der Waals surface area contributed by atoms with Crippen LogP contribution in [0, 0.1) is 6.92 Å². The topological polar surface area (TPSA) is 17.8 Å². The Morgan fingerprint density at radius 1 is 1.06 bits per heavy atom. The number of aromatic nitrogens is 2. The molecule has 0 amide bonds. The maximum absolute atomic E-state index is 4.72. The Kier molecular flexibility index (Phi) is 5.26. The van der Waals surface area contributed by atoms with Gasteiger partial charge in [-0.25, -0.2) is 0 Å². The van der Waals surface area contributed by atoms with Crippen LogP contribution in [-0.2, 0) is 0 Å². The summed E-state index contributed by atoms with van der Waals surface area (Å²) in [7, 11) is -1.35. The maximum atomic E-state index is 4.72. The van der Waals surface area contributed by atoms with Gasteiger partial charge in [0.05, 0.1) is 5.69 Å². The summed E-state index contributed by atoms with van der Waals surface area (Å²) in [6.45, 7) is 9.02. The van der Waals surface area contributed by atoms with E-state index in [0.717, 1.165) is 0 Å².